The van der Waals surface area contributed by atoms with Gasteiger partial charge in [0.05, 0.1) is 0 Å². The minimum atomic E-state index is -3.12. The van der Waals surface area contributed by atoms with Gasteiger partial charge in [0.25, 0.3) is 0 Å². The molecule has 0 aromatic heterocycles. The van der Waals surface area contributed by atoms with Gasteiger partial charge in [-0.3, -0.25) is 9.63 Å². The van der Waals surface area contributed by atoms with Crippen molar-refractivity contribution < 1.29 is 27.6 Å². The highest BCUT2D eigenvalue weighted by Crippen LogP contribution is 2.40. The fourth-order valence-corrected chi connectivity index (χ4v) is 6.91. The van der Waals surface area contributed by atoms with Gasteiger partial charge >= 0.3 is 14.8 Å². The average Bonchev–Trinajstić information content (AvgIpc) is 2.73. The monoisotopic (exact) mass is 481 g/mol. The SMILES string of the molecule is CCO[Si](CC(=O)OCC(ON1C(C)(C)CCCC1(C)C)c1ccccc1)(OCC)OCC. The third-order valence-electron chi connectivity index (χ3n) is 5.93. The Labute approximate surface area is 201 Å². The minimum absolute atomic E-state index is 0.0231. The summed E-state index contributed by atoms with van der Waals surface area (Å²) in [4.78, 5) is 19.5. The number of nitrogens with zero attached hydrogens (tertiary/aromatic N) is 1. The lowest BCUT2D eigenvalue weighted by Gasteiger charge is -2.52. The first-order chi connectivity index (χ1) is 15.6. The molecule has 0 radical (unpaired) electrons. The van der Waals surface area contributed by atoms with E-state index in [1.165, 1.54) is 0 Å². The van der Waals surface area contributed by atoms with Gasteiger partial charge in [-0.1, -0.05) is 30.3 Å². The number of hydrogen-bond donors (Lipinski definition) is 0. The van der Waals surface area contributed by atoms with Gasteiger partial charge in [0.15, 0.2) is 0 Å². The molecule has 1 aromatic rings. The fraction of sp³-hybridized carbons (Fsp3) is 0.720. The molecular weight excluding hydrogens is 438 g/mol. The van der Waals surface area contributed by atoms with Crippen molar-refractivity contribution in [1.82, 2.24) is 5.06 Å². The van der Waals surface area contributed by atoms with E-state index in [4.69, 9.17) is 22.9 Å². The van der Waals surface area contributed by atoms with Crippen LogP contribution in [0.3, 0.4) is 0 Å². The Morgan fingerprint density at radius 1 is 0.939 bits per heavy atom. The van der Waals surface area contributed by atoms with Crippen LogP contribution in [0, 0.1) is 0 Å². The van der Waals surface area contributed by atoms with Crippen LogP contribution in [0.2, 0.25) is 6.04 Å². The largest absolute Gasteiger partial charge is 0.512 e. The lowest BCUT2D eigenvalue weighted by molar-refractivity contribution is -0.311. The molecule has 33 heavy (non-hydrogen) atoms. The highest BCUT2D eigenvalue weighted by atomic mass is 28.4. The number of rotatable bonds is 13. The summed E-state index contributed by atoms with van der Waals surface area (Å²) in [5.41, 5.74) is 0.713. The summed E-state index contributed by atoms with van der Waals surface area (Å²) < 4.78 is 23.1. The third kappa shape index (κ3) is 7.87. The van der Waals surface area contributed by atoms with Gasteiger partial charge in [-0.05, 0) is 73.3 Å². The van der Waals surface area contributed by atoms with Crippen molar-refractivity contribution in [2.24, 2.45) is 0 Å². The molecule has 0 amide bonds. The smallest absolute Gasteiger partial charge is 0.462 e. The predicted octanol–water partition coefficient (Wildman–Crippen LogP) is 5.29. The summed E-state index contributed by atoms with van der Waals surface area (Å²) in [6, 6.07) is 9.89. The Hall–Kier alpha value is -1.29. The second kappa shape index (κ2) is 12.4. The van der Waals surface area contributed by atoms with Crippen molar-refractivity contribution in [2.45, 2.75) is 91.0 Å². The number of carbonyl (C=O) groups excluding carboxylic acids is 1. The number of ether oxygens (including phenoxy) is 1. The van der Waals surface area contributed by atoms with E-state index in [0.29, 0.717) is 19.8 Å². The van der Waals surface area contributed by atoms with Crippen LogP contribution in [0.15, 0.2) is 30.3 Å². The van der Waals surface area contributed by atoms with Crippen LogP contribution in [-0.2, 0) is 27.6 Å². The third-order valence-corrected chi connectivity index (χ3v) is 8.84. The maximum atomic E-state index is 12.9. The second-order valence-corrected chi connectivity index (χ2v) is 12.2. The highest BCUT2D eigenvalue weighted by molar-refractivity contribution is 6.64. The van der Waals surface area contributed by atoms with E-state index in [1.54, 1.807) is 0 Å². The van der Waals surface area contributed by atoms with E-state index in [2.05, 4.69) is 32.8 Å². The molecule has 1 atom stereocenters. The Kier molecular flexibility index (Phi) is 10.5. The molecule has 8 heteroatoms. The quantitative estimate of drug-likeness (QED) is 0.280. The molecule has 0 N–H and O–H groups in total. The number of hydroxylamine groups is 2. The summed E-state index contributed by atoms with van der Waals surface area (Å²) >= 11 is 0. The van der Waals surface area contributed by atoms with Crippen molar-refractivity contribution in [3.8, 4) is 0 Å². The van der Waals surface area contributed by atoms with Gasteiger partial charge in [-0.2, -0.15) is 5.06 Å². The van der Waals surface area contributed by atoms with Gasteiger partial charge in [-0.15, -0.1) is 0 Å². The van der Waals surface area contributed by atoms with E-state index < -0.39 is 20.9 Å². The first kappa shape index (κ1) is 27.9. The zero-order chi connectivity index (χ0) is 24.5. The number of piperidine rings is 1. The molecule has 0 spiro atoms. The lowest BCUT2D eigenvalue weighted by atomic mass is 9.82. The van der Waals surface area contributed by atoms with Gasteiger partial charge < -0.3 is 18.0 Å². The van der Waals surface area contributed by atoms with Gasteiger partial charge in [0.1, 0.15) is 18.8 Å². The molecule has 0 saturated carbocycles. The highest BCUT2D eigenvalue weighted by Gasteiger charge is 2.45. The molecule has 0 aliphatic carbocycles. The summed E-state index contributed by atoms with van der Waals surface area (Å²) in [6.45, 7) is 15.7. The van der Waals surface area contributed by atoms with Crippen LogP contribution in [0.4, 0.5) is 0 Å². The summed E-state index contributed by atoms with van der Waals surface area (Å²) in [5.74, 6) is -0.404. The summed E-state index contributed by atoms with van der Waals surface area (Å²) in [5, 5.41) is 2.11. The molecule has 1 fully saturated rings. The van der Waals surface area contributed by atoms with Gasteiger partial charge in [0.2, 0.25) is 0 Å². The number of benzene rings is 1. The summed E-state index contributed by atoms with van der Waals surface area (Å²) in [6.07, 6.45) is 2.82. The molecule has 1 heterocycles. The van der Waals surface area contributed by atoms with E-state index in [-0.39, 0.29) is 23.7 Å². The van der Waals surface area contributed by atoms with Crippen molar-refractivity contribution in [3.63, 3.8) is 0 Å². The summed E-state index contributed by atoms with van der Waals surface area (Å²) in [7, 11) is -3.12. The van der Waals surface area contributed by atoms with E-state index >= 15 is 0 Å². The first-order valence-electron chi connectivity index (χ1n) is 12.2. The average molecular weight is 482 g/mol. The molecule has 2 rings (SSSR count). The van der Waals surface area contributed by atoms with E-state index in [9.17, 15) is 4.79 Å². The maximum absolute atomic E-state index is 12.9. The Balaban J connectivity index is 2.17. The zero-order valence-electron chi connectivity index (χ0n) is 21.5. The number of carbonyl (C=O) groups is 1. The normalized spacial score (nSPS) is 19.2. The Morgan fingerprint density at radius 3 is 1.94 bits per heavy atom. The molecule has 1 aliphatic rings. The minimum Gasteiger partial charge on any atom is -0.462 e. The zero-order valence-corrected chi connectivity index (χ0v) is 22.5. The van der Waals surface area contributed by atoms with Crippen LogP contribution >= 0.6 is 0 Å². The molecule has 0 bridgehead atoms. The van der Waals surface area contributed by atoms with Crippen molar-refractivity contribution in [1.29, 1.82) is 0 Å². The number of esters is 1. The van der Waals surface area contributed by atoms with Crippen molar-refractivity contribution >= 4 is 14.8 Å². The molecule has 188 valence electrons. The fourth-order valence-electron chi connectivity index (χ4n) is 4.58. The predicted molar refractivity (Wildman–Crippen MR) is 131 cm³/mol. The Morgan fingerprint density at radius 2 is 1.45 bits per heavy atom. The van der Waals surface area contributed by atoms with Gasteiger partial charge in [-0.25, -0.2) is 0 Å². The molecule has 7 nitrogen and oxygen atoms in total. The molecule has 1 aromatic carbocycles. The molecule has 1 aliphatic heterocycles. The maximum Gasteiger partial charge on any atom is 0.512 e. The second-order valence-electron chi connectivity index (χ2n) is 9.62. The molecule has 1 saturated heterocycles. The molecular formula is C25H43NO6Si. The van der Waals surface area contributed by atoms with Crippen LogP contribution in [0.5, 0.6) is 0 Å². The van der Waals surface area contributed by atoms with E-state index in [0.717, 1.165) is 24.8 Å². The number of hydrogen-bond acceptors (Lipinski definition) is 7. The van der Waals surface area contributed by atoms with Crippen molar-refractivity contribution in [2.75, 3.05) is 26.4 Å². The van der Waals surface area contributed by atoms with E-state index in [1.807, 2.05) is 51.1 Å². The van der Waals surface area contributed by atoms with Gasteiger partial charge in [0, 0.05) is 30.9 Å². The van der Waals surface area contributed by atoms with Crippen LogP contribution in [0.1, 0.15) is 79.4 Å². The first-order valence-corrected chi connectivity index (χ1v) is 14.1. The Bertz CT molecular complexity index is 694. The van der Waals surface area contributed by atoms with Crippen molar-refractivity contribution in [3.05, 3.63) is 35.9 Å². The molecule has 1 unspecified atom stereocenters. The van der Waals surface area contributed by atoms with Crippen LogP contribution in [0.25, 0.3) is 0 Å². The topological polar surface area (TPSA) is 66.5 Å². The standard InChI is InChI=1S/C25H43NO6Si/c1-8-29-33(30-9-2,31-10-3)20-23(27)28-19-22(21-15-12-11-13-16-21)32-26-24(4,5)17-14-18-25(26,6)7/h11-13,15-16,22H,8-10,14,17-20H2,1-7H3. The van der Waals surface area contributed by atoms with Crippen LogP contribution < -0.4 is 0 Å². The van der Waals surface area contributed by atoms with Crippen LogP contribution in [-0.4, -0.2) is 57.3 Å². The lowest BCUT2D eigenvalue weighted by Crippen LogP contribution is -2.58.